The van der Waals surface area contributed by atoms with Gasteiger partial charge in [-0.2, -0.15) is 0 Å². The molecular formula is C15H24O4. The zero-order chi connectivity index (χ0) is 14.3. The molecule has 0 bridgehead atoms. The Balaban J connectivity index is 3.55. The summed E-state index contributed by atoms with van der Waals surface area (Å²) in [5, 5.41) is 18.1. The zero-order valence-corrected chi connectivity index (χ0v) is 11.6. The summed E-state index contributed by atoms with van der Waals surface area (Å²) < 4.78 is 4.80. The lowest BCUT2D eigenvalue weighted by molar-refractivity contribution is -0.143. The molecule has 0 amide bonds. The molecule has 0 rings (SSSR count). The van der Waals surface area contributed by atoms with E-state index in [0.29, 0.717) is 38.7 Å². The summed E-state index contributed by atoms with van der Waals surface area (Å²) in [5.74, 6) is 5.37. The quantitative estimate of drug-likeness (QED) is 0.290. The molecule has 2 N–H and O–H groups in total. The van der Waals surface area contributed by atoms with Crippen LogP contribution < -0.4 is 0 Å². The van der Waals surface area contributed by atoms with Crippen LogP contribution in [0.15, 0.2) is 12.2 Å². The van der Waals surface area contributed by atoms with Gasteiger partial charge in [0.1, 0.15) is 6.10 Å². The summed E-state index contributed by atoms with van der Waals surface area (Å²) in [6.07, 6.45) is 6.89. The minimum atomic E-state index is -0.617. The third kappa shape index (κ3) is 12.9. The van der Waals surface area contributed by atoms with Crippen molar-refractivity contribution in [1.29, 1.82) is 0 Å². The first-order valence-electron chi connectivity index (χ1n) is 6.78. The van der Waals surface area contributed by atoms with Crippen LogP contribution in [-0.4, -0.2) is 35.5 Å². The van der Waals surface area contributed by atoms with E-state index < -0.39 is 6.10 Å². The summed E-state index contributed by atoms with van der Waals surface area (Å²) in [6.45, 7) is 2.34. The number of unbranched alkanes of at least 4 members (excludes halogenated alkanes) is 1. The Kier molecular flexibility index (Phi) is 12.2. The van der Waals surface area contributed by atoms with Crippen LogP contribution in [0.25, 0.3) is 0 Å². The van der Waals surface area contributed by atoms with Gasteiger partial charge in [0.2, 0.25) is 0 Å². The number of rotatable bonds is 9. The van der Waals surface area contributed by atoms with E-state index in [4.69, 9.17) is 9.84 Å². The Bertz CT molecular complexity index is 312. The normalized spacial score (nSPS) is 11.9. The molecule has 0 aromatic rings. The molecule has 1 atom stereocenters. The summed E-state index contributed by atoms with van der Waals surface area (Å²) >= 11 is 0. The van der Waals surface area contributed by atoms with Gasteiger partial charge >= 0.3 is 5.97 Å². The highest BCUT2D eigenvalue weighted by Crippen LogP contribution is 2.00. The highest BCUT2D eigenvalue weighted by atomic mass is 16.5. The third-order valence-electron chi connectivity index (χ3n) is 2.32. The van der Waals surface area contributed by atoms with Crippen molar-refractivity contribution in [3.63, 3.8) is 0 Å². The van der Waals surface area contributed by atoms with Crippen molar-refractivity contribution in [3.8, 4) is 11.8 Å². The highest BCUT2D eigenvalue weighted by Gasteiger charge is 1.98. The van der Waals surface area contributed by atoms with Crippen LogP contribution in [0.2, 0.25) is 0 Å². The number of allylic oxidation sites excluding steroid dienone is 2. The molecule has 1 unspecified atom stereocenters. The van der Waals surface area contributed by atoms with E-state index in [9.17, 15) is 9.90 Å². The first-order valence-corrected chi connectivity index (χ1v) is 6.78. The lowest BCUT2D eigenvalue weighted by Gasteiger charge is -2.00. The maximum absolute atomic E-state index is 11.0. The Morgan fingerprint density at radius 3 is 2.79 bits per heavy atom. The van der Waals surface area contributed by atoms with Crippen molar-refractivity contribution in [2.24, 2.45) is 0 Å². The topological polar surface area (TPSA) is 66.8 Å². The van der Waals surface area contributed by atoms with E-state index in [1.54, 1.807) is 6.92 Å². The lowest BCUT2D eigenvalue weighted by Crippen LogP contribution is -2.02. The minimum Gasteiger partial charge on any atom is -0.466 e. The van der Waals surface area contributed by atoms with E-state index in [0.717, 1.165) is 6.42 Å². The van der Waals surface area contributed by atoms with Gasteiger partial charge < -0.3 is 14.9 Å². The largest absolute Gasteiger partial charge is 0.466 e. The van der Waals surface area contributed by atoms with Crippen LogP contribution in [-0.2, 0) is 9.53 Å². The molecule has 0 aromatic carbocycles. The number of carbonyl (C=O) groups excluding carboxylic acids is 1. The molecule has 0 spiro atoms. The van der Waals surface area contributed by atoms with Gasteiger partial charge in [-0.15, -0.1) is 5.92 Å². The molecule has 0 aliphatic heterocycles. The van der Waals surface area contributed by atoms with E-state index in [2.05, 4.69) is 11.8 Å². The van der Waals surface area contributed by atoms with Crippen LogP contribution >= 0.6 is 0 Å². The van der Waals surface area contributed by atoms with Gasteiger partial charge in [-0.25, -0.2) is 0 Å². The van der Waals surface area contributed by atoms with Crippen molar-refractivity contribution in [2.75, 3.05) is 13.2 Å². The van der Waals surface area contributed by atoms with Crippen molar-refractivity contribution < 1.29 is 19.7 Å². The Labute approximate surface area is 115 Å². The number of carbonyl (C=O) groups is 1. The number of esters is 1. The number of aliphatic hydroxyl groups is 2. The second kappa shape index (κ2) is 13.1. The molecule has 0 aromatic heterocycles. The number of hydrogen-bond donors (Lipinski definition) is 2. The summed E-state index contributed by atoms with van der Waals surface area (Å²) in [5.41, 5.74) is 0. The second-order valence-corrected chi connectivity index (χ2v) is 4.06. The molecule has 0 aliphatic rings. The number of hydrogen-bond acceptors (Lipinski definition) is 4. The Morgan fingerprint density at radius 1 is 1.37 bits per heavy atom. The van der Waals surface area contributed by atoms with Gasteiger partial charge in [0, 0.05) is 19.4 Å². The Morgan fingerprint density at radius 2 is 2.11 bits per heavy atom. The smallest absolute Gasteiger partial charge is 0.306 e. The van der Waals surface area contributed by atoms with Crippen molar-refractivity contribution >= 4 is 5.97 Å². The van der Waals surface area contributed by atoms with E-state index in [1.807, 2.05) is 12.2 Å². The van der Waals surface area contributed by atoms with Crippen LogP contribution in [0.5, 0.6) is 0 Å². The predicted molar refractivity (Wildman–Crippen MR) is 74.3 cm³/mol. The van der Waals surface area contributed by atoms with Gasteiger partial charge in [0.15, 0.2) is 0 Å². The van der Waals surface area contributed by atoms with Crippen LogP contribution in [0.3, 0.4) is 0 Å². The molecule has 4 heteroatoms. The summed E-state index contributed by atoms with van der Waals surface area (Å²) in [6, 6.07) is 0. The molecule has 0 saturated carbocycles. The first-order chi connectivity index (χ1) is 9.20. The summed E-state index contributed by atoms with van der Waals surface area (Å²) in [7, 11) is 0. The van der Waals surface area contributed by atoms with Gasteiger partial charge in [-0.05, 0) is 32.6 Å². The van der Waals surface area contributed by atoms with Crippen LogP contribution in [0.4, 0.5) is 0 Å². The Hall–Kier alpha value is -1.31. The van der Waals surface area contributed by atoms with Crippen molar-refractivity contribution in [3.05, 3.63) is 12.2 Å². The van der Waals surface area contributed by atoms with Crippen LogP contribution in [0, 0.1) is 11.8 Å². The average molecular weight is 268 g/mol. The monoisotopic (exact) mass is 268 g/mol. The predicted octanol–water partition coefficient (Wildman–Crippen LogP) is 1.80. The van der Waals surface area contributed by atoms with E-state index >= 15 is 0 Å². The van der Waals surface area contributed by atoms with Crippen LogP contribution in [0.1, 0.15) is 45.4 Å². The fraction of sp³-hybridized carbons (Fsp3) is 0.667. The summed E-state index contributed by atoms with van der Waals surface area (Å²) in [4.78, 5) is 11.0. The van der Waals surface area contributed by atoms with Gasteiger partial charge in [0.05, 0.1) is 6.61 Å². The SMILES string of the molecule is CCOC(=O)CC/C=C\CCC(O)C#CCCCO. The maximum atomic E-state index is 11.0. The molecule has 108 valence electrons. The van der Waals surface area contributed by atoms with E-state index in [-0.39, 0.29) is 12.6 Å². The average Bonchev–Trinajstić information content (AvgIpc) is 2.39. The molecule has 0 heterocycles. The van der Waals surface area contributed by atoms with Gasteiger partial charge in [-0.1, -0.05) is 18.1 Å². The standard InChI is InChI=1S/C15H24O4/c1-2-19-15(18)12-8-4-3-6-10-14(17)11-7-5-9-13-16/h3-4,14,16-17H,2,5-6,8-10,12-13H2,1H3/b4-3-. The van der Waals surface area contributed by atoms with Crippen molar-refractivity contribution in [2.45, 2.75) is 51.6 Å². The molecule has 0 radical (unpaired) electrons. The number of aliphatic hydroxyl groups excluding tert-OH is 2. The fourth-order valence-corrected chi connectivity index (χ4v) is 1.35. The number of ether oxygens (including phenoxy) is 1. The van der Waals surface area contributed by atoms with Crippen molar-refractivity contribution in [1.82, 2.24) is 0 Å². The molecule has 0 fully saturated rings. The second-order valence-electron chi connectivity index (χ2n) is 4.06. The zero-order valence-electron chi connectivity index (χ0n) is 11.6. The highest BCUT2D eigenvalue weighted by molar-refractivity contribution is 5.69. The molecule has 4 nitrogen and oxygen atoms in total. The minimum absolute atomic E-state index is 0.133. The first kappa shape index (κ1) is 17.7. The van der Waals surface area contributed by atoms with Gasteiger partial charge in [-0.3, -0.25) is 4.79 Å². The maximum Gasteiger partial charge on any atom is 0.306 e. The molecule has 0 saturated heterocycles. The lowest BCUT2D eigenvalue weighted by atomic mass is 10.1. The van der Waals surface area contributed by atoms with Gasteiger partial charge in [0.25, 0.3) is 0 Å². The van der Waals surface area contributed by atoms with E-state index in [1.165, 1.54) is 0 Å². The third-order valence-corrected chi connectivity index (χ3v) is 2.32. The molecular weight excluding hydrogens is 244 g/mol. The fourth-order valence-electron chi connectivity index (χ4n) is 1.35. The molecule has 0 aliphatic carbocycles. The molecule has 19 heavy (non-hydrogen) atoms.